The molecule has 0 amide bonds. The van der Waals surface area contributed by atoms with Crippen molar-refractivity contribution in [2.45, 2.75) is 6.92 Å². The van der Waals surface area contributed by atoms with Crippen LogP contribution in [0.4, 0.5) is 0 Å². The van der Waals surface area contributed by atoms with Crippen LogP contribution >= 0.6 is 11.6 Å². The number of rotatable bonds is 3. The highest BCUT2D eigenvalue weighted by molar-refractivity contribution is 6.30. The summed E-state index contributed by atoms with van der Waals surface area (Å²) in [5, 5.41) is 0.666. The van der Waals surface area contributed by atoms with Gasteiger partial charge in [-0.3, -0.25) is 0 Å². The van der Waals surface area contributed by atoms with Crippen LogP contribution < -0.4 is 4.74 Å². The average Bonchev–Trinajstić information content (AvgIpc) is 2.41. The lowest BCUT2D eigenvalue weighted by Crippen LogP contribution is -2.03. The third-order valence-electron chi connectivity index (χ3n) is 2.52. The maximum Gasteiger partial charge on any atom is 0.336 e. The van der Waals surface area contributed by atoms with E-state index in [1.54, 1.807) is 30.3 Å². The van der Waals surface area contributed by atoms with Gasteiger partial charge < -0.3 is 4.74 Å². The highest BCUT2D eigenvalue weighted by atomic mass is 35.5. The van der Waals surface area contributed by atoms with E-state index in [2.05, 4.69) is 0 Å². The minimum absolute atomic E-state index is 0.404. The molecule has 0 spiro atoms. The predicted molar refractivity (Wildman–Crippen MR) is 77.3 cm³/mol. The molecule has 2 aromatic carbocycles. The summed E-state index contributed by atoms with van der Waals surface area (Å²) in [6.45, 7) is 1.98. The molecule has 0 atom stereocenters. The Kier molecular flexibility index (Phi) is 4.37. The Morgan fingerprint density at radius 3 is 2.32 bits per heavy atom. The Labute approximate surface area is 117 Å². The van der Waals surface area contributed by atoms with Crippen LogP contribution in [-0.2, 0) is 4.79 Å². The van der Waals surface area contributed by atoms with Crippen molar-refractivity contribution < 1.29 is 9.53 Å². The van der Waals surface area contributed by atoms with Crippen LogP contribution in [0.2, 0.25) is 5.02 Å². The molecule has 2 nitrogen and oxygen atoms in total. The van der Waals surface area contributed by atoms with Crippen molar-refractivity contribution in [2.24, 2.45) is 0 Å². The van der Waals surface area contributed by atoms with Gasteiger partial charge in [0.25, 0.3) is 0 Å². The standard InChI is InChI=1S/C16H13ClO2/c1-12-2-9-15(10-3-12)19-16(18)11-6-13-4-7-14(17)8-5-13/h2-11H,1H3/b11-6+. The summed E-state index contributed by atoms with van der Waals surface area (Å²) in [5.74, 6) is 0.134. The molecule has 0 saturated carbocycles. The summed E-state index contributed by atoms with van der Waals surface area (Å²) in [5.41, 5.74) is 2.02. The zero-order valence-electron chi connectivity index (χ0n) is 10.5. The lowest BCUT2D eigenvalue weighted by molar-refractivity contribution is -0.128. The molecule has 0 fully saturated rings. The van der Waals surface area contributed by atoms with Crippen molar-refractivity contribution in [1.82, 2.24) is 0 Å². The van der Waals surface area contributed by atoms with Crippen molar-refractivity contribution in [3.05, 3.63) is 70.8 Å². The summed E-state index contributed by atoms with van der Waals surface area (Å²) in [7, 11) is 0. The molecule has 0 aliphatic rings. The SMILES string of the molecule is Cc1ccc(OC(=O)/C=C/c2ccc(Cl)cc2)cc1. The van der Waals surface area contributed by atoms with Gasteiger partial charge in [0.2, 0.25) is 0 Å². The maximum atomic E-state index is 11.6. The monoisotopic (exact) mass is 272 g/mol. The third-order valence-corrected chi connectivity index (χ3v) is 2.77. The largest absolute Gasteiger partial charge is 0.423 e. The van der Waals surface area contributed by atoms with E-state index in [0.29, 0.717) is 10.8 Å². The molecular formula is C16H13ClO2. The minimum atomic E-state index is -0.404. The number of aryl methyl sites for hydroxylation is 1. The fourth-order valence-corrected chi connectivity index (χ4v) is 1.62. The molecule has 0 heterocycles. The van der Waals surface area contributed by atoms with Crippen LogP contribution in [0.15, 0.2) is 54.6 Å². The Hall–Kier alpha value is -2.06. The molecule has 0 aliphatic heterocycles. The molecule has 3 heteroatoms. The number of halogens is 1. The first-order chi connectivity index (χ1) is 9.13. The molecule has 0 N–H and O–H groups in total. The Morgan fingerprint density at radius 1 is 1.05 bits per heavy atom. The summed E-state index contributed by atoms with van der Waals surface area (Å²) in [6, 6.07) is 14.5. The maximum absolute atomic E-state index is 11.6. The lowest BCUT2D eigenvalue weighted by Gasteiger charge is -2.01. The van der Waals surface area contributed by atoms with Gasteiger partial charge in [-0.2, -0.15) is 0 Å². The number of hydrogen-bond donors (Lipinski definition) is 0. The van der Waals surface area contributed by atoms with Gasteiger partial charge in [0, 0.05) is 11.1 Å². The van der Waals surface area contributed by atoms with E-state index in [9.17, 15) is 4.79 Å². The molecule has 0 aromatic heterocycles. The number of carbonyl (C=O) groups is 1. The van der Waals surface area contributed by atoms with E-state index in [0.717, 1.165) is 11.1 Å². The van der Waals surface area contributed by atoms with E-state index in [1.807, 2.05) is 31.2 Å². The lowest BCUT2D eigenvalue weighted by atomic mass is 10.2. The smallest absolute Gasteiger partial charge is 0.336 e. The number of benzene rings is 2. The minimum Gasteiger partial charge on any atom is -0.423 e. The molecular weight excluding hydrogens is 260 g/mol. The highest BCUT2D eigenvalue weighted by Crippen LogP contribution is 2.13. The molecule has 0 unspecified atom stereocenters. The molecule has 96 valence electrons. The van der Waals surface area contributed by atoms with Gasteiger partial charge in [-0.05, 0) is 42.8 Å². The van der Waals surface area contributed by atoms with Gasteiger partial charge in [0.05, 0.1) is 0 Å². The fraction of sp³-hybridized carbons (Fsp3) is 0.0625. The summed E-state index contributed by atoms with van der Waals surface area (Å²) >= 11 is 5.78. The third kappa shape index (κ3) is 4.27. The summed E-state index contributed by atoms with van der Waals surface area (Å²) in [6.07, 6.45) is 3.08. The van der Waals surface area contributed by atoms with Crippen LogP contribution in [0, 0.1) is 6.92 Å². The molecule has 2 rings (SSSR count). The molecule has 19 heavy (non-hydrogen) atoms. The van der Waals surface area contributed by atoms with Crippen LogP contribution in [0.3, 0.4) is 0 Å². The second-order valence-electron chi connectivity index (χ2n) is 4.12. The molecule has 0 bridgehead atoms. The molecule has 2 aromatic rings. The van der Waals surface area contributed by atoms with Gasteiger partial charge in [0.1, 0.15) is 5.75 Å². The Bertz CT molecular complexity index is 583. The van der Waals surface area contributed by atoms with Gasteiger partial charge in [-0.25, -0.2) is 4.79 Å². The van der Waals surface area contributed by atoms with Gasteiger partial charge in [-0.1, -0.05) is 41.4 Å². The van der Waals surface area contributed by atoms with E-state index < -0.39 is 5.97 Å². The van der Waals surface area contributed by atoms with E-state index in [4.69, 9.17) is 16.3 Å². The quantitative estimate of drug-likeness (QED) is 0.474. The first kappa shape index (κ1) is 13.4. The summed E-state index contributed by atoms with van der Waals surface area (Å²) < 4.78 is 5.16. The van der Waals surface area contributed by atoms with Crippen molar-refractivity contribution in [2.75, 3.05) is 0 Å². The van der Waals surface area contributed by atoms with Crippen molar-refractivity contribution >= 4 is 23.6 Å². The van der Waals surface area contributed by atoms with Crippen molar-refractivity contribution in [3.8, 4) is 5.75 Å². The normalized spacial score (nSPS) is 10.6. The molecule has 0 saturated heterocycles. The van der Waals surface area contributed by atoms with Crippen LogP contribution in [0.5, 0.6) is 5.75 Å². The Morgan fingerprint density at radius 2 is 1.68 bits per heavy atom. The van der Waals surface area contributed by atoms with Gasteiger partial charge in [-0.15, -0.1) is 0 Å². The first-order valence-corrected chi connectivity index (χ1v) is 6.23. The van der Waals surface area contributed by atoms with Crippen molar-refractivity contribution in [3.63, 3.8) is 0 Å². The molecule has 0 aliphatic carbocycles. The topological polar surface area (TPSA) is 26.3 Å². The van der Waals surface area contributed by atoms with Crippen LogP contribution in [0.1, 0.15) is 11.1 Å². The zero-order valence-corrected chi connectivity index (χ0v) is 11.2. The van der Waals surface area contributed by atoms with E-state index in [1.165, 1.54) is 6.08 Å². The number of ether oxygens (including phenoxy) is 1. The number of esters is 1. The molecule has 0 radical (unpaired) electrons. The summed E-state index contributed by atoms with van der Waals surface area (Å²) in [4.78, 5) is 11.6. The second kappa shape index (κ2) is 6.21. The van der Waals surface area contributed by atoms with Gasteiger partial charge in [0.15, 0.2) is 0 Å². The van der Waals surface area contributed by atoms with Gasteiger partial charge >= 0.3 is 5.97 Å². The first-order valence-electron chi connectivity index (χ1n) is 5.85. The second-order valence-corrected chi connectivity index (χ2v) is 4.56. The van der Waals surface area contributed by atoms with Crippen molar-refractivity contribution in [1.29, 1.82) is 0 Å². The Balaban J connectivity index is 1.97. The van der Waals surface area contributed by atoms with E-state index >= 15 is 0 Å². The predicted octanol–water partition coefficient (Wildman–Crippen LogP) is 4.27. The van der Waals surface area contributed by atoms with E-state index in [-0.39, 0.29) is 0 Å². The fourth-order valence-electron chi connectivity index (χ4n) is 1.49. The zero-order chi connectivity index (χ0) is 13.7. The van der Waals surface area contributed by atoms with Crippen LogP contribution in [-0.4, -0.2) is 5.97 Å². The number of carbonyl (C=O) groups excluding carboxylic acids is 1. The number of hydrogen-bond acceptors (Lipinski definition) is 2. The average molecular weight is 273 g/mol. The van der Waals surface area contributed by atoms with Crippen LogP contribution in [0.25, 0.3) is 6.08 Å². The highest BCUT2D eigenvalue weighted by Gasteiger charge is 1.99.